The second-order valence-electron chi connectivity index (χ2n) is 6.00. The Hall–Kier alpha value is -1.98. The van der Waals surface area contributed by atoms with Crippen molar-refractivity contribution >= 4 is 11.9 Å². The number of aliphatic carboxylic acids is 1. The average Bonchev–Trinajstić information content (AvgIpc) is 3.30. The maximum absolute atomic E-state index is 13.3. The van der Waals surface area contributed by atoms with Crippen LogP contribution in [0.5, 0.6) is 0 Å². The number of amides is 1. The molecular formula is C16H17F2NO3. The number of halogens is 2. The number of hydrogen-bond acceptors (Lipinski definition) is 2. The molecule has 0 bridgehead atoms. The third-order valence-corrected chi connectivity index (χ3v) is 4.55. The molecule has 2 fully saturated rings. The predicted octanol–water partition coefficient (Wildman–Crippen LogP) is 2.53. The summed E-state index contributed by atoms with van der Waals surface area (Å²) in [6.07, 6.45) is 2.65. The summed E-state index contributed by atoms with van der Waals surface area (Å²) >= 11 is 0. The van der Waals surface area contributed by atoms with Crippen LogP contribution in [0.3, 0.4) is 0 Å². The molecule has 1 aromatic carbocycles. The number of nitrogens with zero attached hydrogens (tertiary/aromatic N) is 1. The first-order valence-corrected chi connectivity index (χ1v) is 7.47. The van der Waals surface area contributed by atoms with Crippen LogP contribution >= 0.6 is 0 Å². The van der Waals surface area contributed by atoms with Gasteiger partial charge >= 0.3 is 5.97 Å². The second kappa shape index (κ2) is 5.66. The van der Waals surface area contributed by atoms with Crippen molar-refractivity contribution in [1.82, 2.24) is 4.90 Å². The predicted molar refractivity (Wildman–Crippen MR) is 74.2 cm³/mol. The van der Waals surface area contributed by atoms with Gasteiger partial charge < -0.3 is 10.0 Å². The van der Waals surface area contributed by atoms with E-state index in [1.54, 1.807) is 0 Å². The Labute approximate surface area is 126 Å². The molecular weight excluding hydrogens is 292 g/mol. The smallest absolute Gasteiger partial charge is 0.326 e. The molecule has 1 amide bonds. The molecule has 4 nitrogen and oxygen atoms in total. The molecule has 0 radical (unpaired) electrons. The summed E-state index contributed by atoms with van der Waals surface area (Å²) in [5.74, 6) is -3.44. The molecule has 1 aliphatic carbocycles. The minimum Gasteiger partial charge on any atom is -0.480 e. The fourth-order valence-electron chi connectivity index (χ4n) is 3.24. The molecule has 1 N–H and O–H groups in total. The summed E-state index contributed by atoms with van der Waals surface area (Å²) in [7, 11) is 0. The van der Waals surface area contributed by atoms with Crippen LogP contribution in [0.1, 0.15) is 37.2 Å². The Morgan fingerprint density at radius 2 is 1.95 bits per heavy atom. The van der Waals surface area contributed by atoms with Crippen molar-refractivity contribution < 1.29 is 23.5 Å². The van der Waals surface area contributed by atoms with E-state index < -0.39 is 23.6 Å². The lowest BCUT2D eigenvalue weighted by Crippen LogP contribution is -2.48. The average molecular weight is 309 g/mol. The summed E-state index contributed by atoms with van der Waals surface area (Å²) in [4.78, 5) is 25.2. The Kier molecular flexibility index (Phi) is 3.85. The zero-order valence-electron chi connectivity index (χ0n) is 12.0. The molecule has 6 heteroatoms. The van der Waals surface area contributed by atoms with E-state index in [2.05, 4.69) is 0 Å². The Morgan fingerprint density at radius 1 is 1.18 bits per heavy atom. The van der Waals surface area contributed by atoms with Crippen LogP contribution in [0, 0.1) is 17.6 Å². The van der Waals surface area contributed by atoms with Gasteiger partial charge in [0.25, 0.3) is 0 Å². The lowest BCUT2D eigenvalue weighted by atomic mass is 10.0. The summed E-state index contributed by atoms with van der Waals surface area (Å²) in [6.45, 7) is 0.455. The van der Waals surface area contributed by atoms with Gasteiger partial charge in [0.1, 0.15) is 6.04 Å². The van der Waals surface area contributed by atoms with Gasteiger partial charge in [0, 0.05) is 12.5 Å². The van der Waals surface area contributed by atoms with Gasteiger partial charge in [-0.05, 0) is 49.3 Å². The third kappa shape index (κ3) is 2.69. The molecule has 0 unspecified atom stereocenters. The van der Waals surface area contributed by atoms with E-state index in [4.69, 9.17) is 0 Å². The quantitative estimate of drug-likeness (QED) is 0.933. The number of carboxylic acids is 1. The van der Waals surface area contributed by atoms with Crippen molar-refractivity contribution in [3.8, 4) is 0 Å². The van der Waals surface area contributed by atoms with Gasteiger partial charge in [0.2, 0.25) is 5.91 Å². The number of hydrogen-bond donors (Lipinski definition) is 1. The largest absolute Gasteiger partial charge is 0.480 e. The van der Waals surface area contributed by atoms with Crippen LogP contribution in [0.4, 0.5) is 8.78 Å². The highest BCUT2D eigenvalue weighted by molar-refractivity contribution is 5.87. The Bertz CT molecular complexity index is 619. The maximum Gasteiger partial charge on any atom is 0.326 e. The lowest BCUT2D eigenvalue weighted by Gasteiger charge is -2.33. The number of carbonyl (C=O) groups excluding carboxylic acids is 1. The Morgan fingerprint density at radius 3 is 2.64 bits per heavy atom. The number of piperidine rings is 1. The van der Waals surface area contributed by atoms with Crippen molar-refractivity contribution in [2.24, 2.45) is 5.92 Å². The number of carboxylic acid groups (broad SMARTS) is 1. The van der Waals surface area contributed by atoms with Gasteiger partial charge in [-0.3, -0.25) is 4.79 Å². The number of benzene rings is 1. The highest BCUT2D eigenvalue weighted by atomic mass is 19.2. The van der Waals surface area contributed by atoms with E-state index in [1.807, 2.05) is 0 Å². The first kappa shape index (κ1) is 14.9. The lowest BCUT2D eigenvalue weighted by molar-refractivity contribution is -0.152. The summed E-state index contributed by atoms with van der Waals surface area (Å²) in [5.41, 5.74) is 0.598. The van der Waals surface area contributed by atoms with E-state index >= 15 is 0 Å². The molecule has 1 saturated heterocycles. The molecule has 1 saturated carbocycles. The van der Waals surface area contributed by atoms with Crippen molar-refractivity contribution in [1.29, 1.82) is 0 Å². The van der Waals surface area contributed by atoms with Crippen LogP contribution < -0.4 is 0 Å². The topological polar surface area (TPSA) is 57.6 Å². The molecule has 2 aliphatic rings. The van der Waals surface area contributed by atoms with Crippen molar-refractivity contribution in [2.75, 3.05) is 6.54 Å². The van der Waals surface area contributed by atoms with Gasteiger partial charge in [-0.15, -0.1) is 0 Å². The van der Waals surface area contributed by atoms with Crippen molar-refractivity contribution in [3.63, 3.8) is 0 Å². The molecule has 0 aromatic heterocycles. The summed E-state index contributed by atoms with van der Waals surface area (Å²) in [5, 5.41) is 9.22. The third-order valence-electron chi connectivity index (χ3n) is 4.55. The number of rotatable bonds is 3. The molecule has 1 heterocycles. The second-order valence-corrected chi connectivity index (χ2v) is 6.00. The fraction of sp³-hybridized carbons (Fsp3) is 0.500. The molecule has 1 aliphatic heterocycles. The minimum atomic E-state index is -0.974. The van der Waals surface area contributed by atoms with Gasteiger partial charge in [-0.25, -0.2) is 13.6 Å². The van der Waals surface area contributed by atoms with Crippen LogP contribution in [0.25, 0.3) is 0 Å². The molecule has 3 atom stereocenters. The van der Waals surface area contributed by atoms with Gasteiger partial charge in [0.15, 0.2) is 11.6 Å². The summed E-state index contributed by atoms with van der Waals surface area (Å²) < 4.78 is 26.2. The van der Waals surface area contributed by atoms with Gasteiger partial charge in [-0.1, -0.05) is 6.07 Å². The van der Waals surface area contributed by atoms with E-state index in [1.165, 1.54) is 11.0 Å². The molecule has 3 rings (SSSR count). The number of likely N-dealkylation sites (tertiary alicyclic amines) is 1. The summed E-state index contributed by atoms with van der Waals surface area (Å²) in [6, 6.07) is 2.91. The minimum absolute atomic E-state index is 0.140. The van der Waals surface area contributed by atoms with Crippen molar-refractivity contribution in [3.05, 3.63) is 35.4 Å². The molecule has 22 heavy (non-hydrogen) atoms. The highest BCUT2D eigenvalue weighted by Gasteiger charge is 2.48. The SMILES string of the molecule is O=C(O)[C@@H]1CCCCN1C(=O)[C@@H]1C[C@@H]1c1ccc(F)c(F)c1. The molecule has 118 valence electrons. The first-order chi connectivity index (χ1) is 10.5. The Balaban J connectivity index is 1.71. The van der Waals surface area contributed by atoms with E-state index in [9.17, 15) is 23.5 Å². The van der Waals surface area contributed by atoms with Gasteiger partial charge in [0.05, 0.1) is 0 Å². The van der Waals surface area contributed by atoms with Gasteiger partial charge in [-0.2, -0.15) is 0 Å². The monoisotopic (exact) mass is 309 g/mol. The van der Waals surface area contributed by atoms with Crippen LogP contribution in [-0.4, -0.2) is 34.5 Å². The molecule has 1 aromatic rings. The first-order valence-electron chi connectivity index (χ1n) is 7.47. The zero-order chi connectivity index (χ0) is 15.9. The van der Waals surface area contributed by atoms with Crippen LogP contribution in [0.15, 0.2) is 18.2 Å². The normalized spacial score (nSPS) is 27.5. The van der Waals surface area contributed by atoms with Crippen LogP contribution in [0.2, 0.25) is 0 Å². The van der Waals surface area contributed by atoms with Crippen molar-refractivity contribution in [2.45, 2.75) is 37.6 Å². The standard InChI is InChI=1S/C16H17F2NO3/c17-12-5-4-9(7-13(12)18)10-8-11(10)15(20)19-6-2-1-3-14(19)16(21)22/h4-5,7,10-11,14H,1-3,6,8H2,(H,21,22)/t10-,11-,14+/m1/s1. The van der Waals surface area contributed by atoms with E-state index in [-0.39, 0.29) is 17.7 Å². The number of carbonyl (C=O) groups is 2. The zero-order valence-corrected chi connectivity index (χ0v) is 12.0. The van der Waals surface area contributed by atoms with E-state index in [0.717, 1.165) is 25.0 Å². The van der Waals surface area contributed by atoms with Crippen LogP contribution in [-0.2, 0) is 9.59 Å². The highest BCUT2D eigenvalue weighted by Crippen LogP contribution is 2.49. The molecule has 0 spiro atoms. The fourth-order valence-corrected chi connectivity index (χ4v) is 3.24. The maximum atomic E-state index is 13.3. The van der Waals surface area contributed by atoms with E-state index in [0.29, 0.717) is 24.9 Å².